The van der Waals surface area contributed by atoms with Crippen LogP contribution >= 0.6 is 15.9 Å². The summed E-state index contributed by atoms with van der Waals surface area (Å²) in [6.07, 6.45) is 6.64. The third kappa shape index (κ3) is 4.15. The number of nitrogens with zero attached hydrogens (tertiary/aromatic N) is 2. The van der Waals surface area contributed by atoms with Crippen LogP contribution in [0, 0.1) is 0 Å². The zero-order chi connectivity index (χ0) is 22.5. The number of fused-ring (bicyclic) bond motifs is 3. The van der Waals surface area contributed by atoms with Crippen molar-refractivity contribution in [1.82, 2.24) is 4.90 Å². The average molecular weight is 493 g/mol. The standard InChI is InChI=1S/C27H29BrN2O2/c1-27(2,3)32-26(31)30-12-4-5-25(30)24-15-20(16-29-24)17-8-10-22-18(13-17)6-7-19-14-21(28)9-11-23(19)22/h8-11,13-14,16,25H,4-7,12,15H2,1-3H3/t25-/m0/s1. The lowest BCUT2D eigenvalue weighted by molar-refractivity contribution is 0.0265. The molecule has 166 valence electrons. The van der Waals surface area contributed by atoms with Crippen LogP contribution in [0.25, 0.3) is 16.7 Å². The topological polar surface area (TPSA) is 41.9 Å². The summed E-state index contributed by atoms with van der Waals surface area (Å²) in [5.74, 6) is 0. The molecular weight excluding hydrogens is 464 g/mol. The van der Waals surface area contributed by atoms with E-state index in [-0.39, 0.29) is 12.1 Å². The lowest BCUT2D eigenvalue weighted by Crippen LogP contribution is -2.43. The van der Waals surface area contributed by atoms with Gasteiger partial charge in [0.05, 0.1) is 6.04 Å². The molecule has 32 heavy (non-hydrogen) atoms. The second-order valence-electron chi connectivity index (χ2n) is 9.96. The van der Waals surface area contributed by atoms with Crippen LogP contribution < -0.4 is 0 Å². The Morgan fingerprint density at radius 1 is 1.09 bits per heavy atom. The first-order chi connectivity index (χ1) is 15.3. The van der Waals surface area contributed by atoms with Gasteiger partial charge in [-0.25, -0.2) is 4.79 Å². The first-order valence-electron chi connectivity index (χ1n) is 11.5. The number of aliphatic imine (C=N–C) groups is 1. The van der Waals surface area contributed by atoms with E-state index in [9.17, 15) is 4.79 Å². The van der Waals surface area contributed by atoms with E-state index in [4.69, 9.17) is 9.73 Å². The van der Waals surface area contributed by atoms with Crippen molar-refractivity contribution in [2.45, 2.75) is 64.5 Å². The second kappa shape index (κ2) is 8.18. The van der Waals surface area contributed by atoms with Crippen LogP contribution in [0.3, 0.4) is 0 Å². The molecule has 1 fully saturated rings. The molecule has 2 aromatic rings. The number of aryl methyl sites for hydroxylation is 2. The predicted molar refractivity (Wildman–Crippen MR) is 133 cm³/mol. The van der Waals surface area contributed by atoms with Gasteiger partial charge in [0.2, 0.25) is 0 Å². The zero-order valence-electron chi connectivity index (χ0n) is 19.0. The Kier molecular flexibility index (Phi) is 5.48. The highest BCUT2D eigenvalue weighted by atomic mass is 79.9. The minimum absolute atomic E-state index is 0.0431. The molecule has 0 unspecified atom stereocenters. The van der Waals surface area contributed by atoms with Crippen molar-refractivity contribution in [2.75, 3.05) is 6.54 Å². The molecule has 0 spiro atoms. The maximum absolute atomic E-state index is 12.7. The minimum atomic E-state index is -0.483. The number of amides is 1. The fraction of sp³-hybridized carbons (Fsp3) is 0.407. The zero-order valence-corrected chi connectivity index (χ0v) is 20.5. The third-order valence-corrected chi connectivity index (χ3v) is 7.01. The number of benzene rings is 2. The summed E-state index contributed by atoms with van der Waals surface area (Å²) in [4.78, 5) is 19.3. The van der Waals surface area contributed by atoms with Gasteiger partial charge in [-0.15, -0.1) is 0 Å². The first kappa shape index (κ1) is 21.4. The van der Waals surface area contributed by atoms with Gasteiger partial charge in [-0.1, -0.05) is 40.2 Å². The van der Waals surface area contributed by atoms with Crippen molar-refractivity contribution in [3.8, 4) is 11.1 Å². The Balaban J connectivity index is 1.32. The van der Waals surface area contributed by atoms with E-state index < -0.39 is 5.60 Å². The van der Waals surface area contributed by atoms with E-state index in [0.717, 1.165) is 48.8 Å². The first-order valence-corrected chi connectivity index (χ1v) is 12.3. The smallest absolute Gasteiger partial charge is 0.410 e. The van der Waals surface area contributed by atoms with Gasteiger partial charge < -0.3 is 4.74 Å². The Morgan fingerprint density at radius 2 is 1.81 bits per heavy atom. The molecule has 0 N–H and O–H groups in total. The summed E-state index contributed by atoms with van der Waals surface area (Å²) in [5, 5.41) is 0. The van der Waals surface area contributed by atoms with Gasteiger partial charge in [-0.05, 0) is 92.0 Å². The number of halogens is 1. The summed E-state index contributed by atoms with van der Waals surface area (Å²) in [7, 11) is 0. The van der Waals surface area contributed by atoms with Crippen molar-refractivity contribution in [3.05, 3.63) is 63.8 Å². The van der Waals surface area contributed by atoms with Crippen molar-refractivity contribution in [2.24, 2.45) is 4.99 Å². The number of allylic oxidation sites excluding steroid dienone is 1. The molecule has 4 nitrogen and oxygen atoms in total. The Morgan fingerprint density at radius 3 is 2.56 bits per heavy atom. The van der Waals surface area contributed by atoms with Gasteiger partial charge in [0.15, 0.2) is 0 Å². The van der Waals surface area contributed by atoms with Gasteiger partial charge in [0.25, 0.3) is 0 Å². The van der Waals surface area contributed by atoms with Crippen LogP contribution in [0.5, 0.6) is 0 Å². The number of hydrogen-bond acceptors (Lipinski definition) is 3. The van der Waals surface area contributed by atoms with Crippen molar-refractivity contribution >= 4 is 33.3 Å². The lowest BCUT2D eigenvalue weighted by atomic mass is 9.84. The molecule has 5 heteroatoms. The minimum Gasteiger partial charge on any atom is -0.444 e. The highest BCUT2D eigenvalue weighted by molar-refractivity contribution is 9.10. The molecule has 2 aliphatic heterocycles. The molecule has 1 atom stereocenters. The Labute approximate surface area is 198 Å². The van der Waals surface area contributed by atoms with Crippen LogP contribution in [-0.2, 0) is 17.6 Å². The Hall–Kier alpha value is -2.40. The van der Waals surface area contributed by atoms with Crippen LogP contribution in [0.1, 0.15) is 56.7 Å². The fourth-order valence-electron chi connectivity index (χ4n) is 5.04. The van der Waals surface area contributed by atoms with Crippen LogP contribution in [0.15, 0.2) is 52.1 Å². The van der Waals surface area contributed by atoms with Crippen LogP contribution in [0.2, 0.25) is 0 Å². The molecule has 0 radical (unpaired) electrons. The maximum Gasteiger partial charge on any atom is 0.410 e. The van der Waals surface area contributed by atoms with Crippen molar-refractivity contribution in [1.29, 1.82) is 0 Å². The number of carbonyl (C=O) groups excluding carboxylic acids is 1. The monoisotopic (exact) mass is 492 g/mol. The maximum atomic E-state index is 12.7. The second-order valence-corrected chi connectivity index (χ2v) is 10.9. The van der Waals surface area contributed by atoms with Crippen LogP contribution in [-0.4, -0.2) is 34.9 Å². The fourth-order valence-corrected chi connectivity index (χ4v) is 5.45. The molecule has 5 rings (SSSR count). The molecule has 0 aromatic heterocycles. The molecule has 1 amide bonds. The number of carbonyl (C=O) groups is 1. The molecule has 1 saturated heterocycles. The number of ether oxygens (including phenoxy) is 1. The number of rotatable bonds is 2. The van der Waals surface area contributed by atoms with E-state index in [1.807, 2.05) is 31.9 Å². The van der Waals surface area contributed by atoms with E-state index in [0.29, 0.717) is 0 Å². The normalized spacial score (nSPS) is 19.9. The quantitative estimate of drug-likeness (QED) is 0.462. The van der Waals surface area contributed by atoms with Gasteiger partial charge in [-0.2, -0.15) is 0 Å². The summed E-state index contributed by atoms with van der Waals surface area (Å²) >= 11 is 3.59. The van der Waals surface area contributed by atoms with Gasteiger partial charge in [0.1, 0.15) is 5.60 Å². The van der Waals surface area contributed by atoms with E-state index in [1.165, 1.54) is 33.4 Å². The predicted octanol–water partition coefficient (Wildman–Crippen LogP) is 6.80. The molecule has 1 aliphatic carbocycles. The van der Waals surface area contributed by atoms with Crippen LogP contribution in [0.4, 0.5) is 4.79 Å². The Bertz CT molecular complexity index is 1140. The van der Waals surface area contributed by atoms with Gasteiger partial charge in [-0.3, -0.25) is 9.89 Å². The molecule has 3 aliphatic rings. The molecular formula is C27H29BrN2O2. The SMILES string of the molecule is CC(C)(C)OC(=O)N1CCC[C@H]1C1=NC=C(c2ccc3c(c2)CCc2cc(Br)ccc2-3)C1. The lowest BCUT2D eigenvalue weighted by Gasteiger charge is -2.28. The number of likely N-dealkylation sites (tertiary alicyclic amines) is 1. The van der Waals surface area contributed by atoms with Crippen molar-refractivity contribution in [3.63, 3.8) is 0 Å². The van der Waals surface area contributed by atoms with Gasteiger partial charge >= 0.3 is 6.09 Å². The summed E-state index contributed by atoms with van der Waals surface area (Å²) < 4.78 is 6.78. The average Bonchev–Trinajstić information content (AvgIpc) is 3.41. The summed E-state index contributed by atoms with van der Waals surface area (Å²) in [5.41, 5.74) is 8.58. The van der Waals surface area contributed by atoms with E-state index in [1.54, 1.807) is 0 Å². The van der Waals surface area contributed by atoms with E-state index in [2.05, 4.69) is 52.3 Å². The van der Waals surface area contributed by atoms with Gasteiger partial charge in [0, 0.05) is 29.3 Å². The largest absolute Gasteiger partial charge is 0.444 e. The molecule has 0 bridgehead atoms. The molecule has 2 aromatic carbocycles. The molecule has 0 saturated carbocycles. The number of hydrogen-bond donors (Lipinski definition) is 0. The summed E-state index contributed by atoms with van der Waals surface area (Å²) in [6, 6.07) is 13.5. The highest BCUT2D eigenvalue weighted by Crippen LogP contribution is 2.38. The third-order valence-electron chi connectivity index (χ3n) is 6.52. The summed E-state index contributed by atoms with van der Waals surface area (Å²) in [6.45, 7) is 6.48. The van der Waals surface area contributed by atoms with Crippen molar-refractivity contribution < 1.29 is 9.53 Å². The molecule has 2 heterocycles. The highest BCUT2D eigenvalue weighted by Gasteiger charge is 2.36. The van der Waals surface area contributed by atoms with E-state index >= 15 is 0 Å².